The molecule has 1 aliphatic heterocycles. The maximum Gasteiger partial charge on any atom is 0.412 e. The largest absolute Gasteiger partial charge is 0.444 e. The molecule has 14 heavy (non-hydrogen) atoms. The average molecular weight is 201 g/mol. The molecule has 0 bridgehead atoms. The summed E-state index contributed by atoms with van der Waals surface area (Å²) in [6.45, 7) is 10.5. The monoisotopic (exact) mass is 201 g/mol. The zero-order chi connectivity index (χ0) is 11.0. The Hall–Kier alpha value is -0.770. The number of amides is 1. The molecule has 1 heterocycles. The molecule has 1 aliphatic rings. The lowest BCUT2D eigenvalue weighted by atomic mass is 10.2. The van der Waals surface area contributed by atoms with Crippen LogP contribution in [0.3, 0.4) is 0 Å². The van der Waals surface area contributed by atoms with E-state index < -0.39 is 11.3 Å². The lowest BCUT2D eigenvalue weighted by Crippen LogP contribution is -2.45. The van der Waals surface area contributed by atoms with Gasteiger partial charge in [-0.05, 0) is 34.6 Å². The van der Waals surface area contributed by atoms with Gasteiger partial charge in [0.25, 0.3) is 0 Å². The van der Waals surface area contributed by atoms with Crippen LogP contribution in [0.5, 0.6) is 0 Å². The van der Waals surface area contributed by atoms with Gasteiger partial charge in [-0.25, -0.2) is 4.79 Å². The van der Waals surface area contributed by atoms with Gasteiger partial charge < -0.3 is 9.47 Å². The van der Waals surface area contributed by atoms with E-state index in [1.807, 2.05) is 34.6 Å². The standard InChI is InChI=1S/C10H19NO3/c1-9(2,3)14-8(12)11-6-7-13-10(11,4)5/h6-7H2,1-5H3. The third-order valence-electron chi connectivity index (χ3n) is 2.03. The van der Waals surface area contributed by atoms with E-state index in [2.05, 4.69) is 0 Å². The second kappa shape index (κ2) is 3.42. The maximum absolute atomic E-state index is 11.7. The smallest absolute Gasteiger partial charge is 0.412 e. The minimum absolute atomic E-state index is 0.306. The second-order valence-electron chi connectivity index (χ2n) is 4.93. The Kier molecular flexibility index (Phi) is 2.76. The van der Waals surface area contributed by atoms with Crippen LogP contribution < -0.4 is 0 Å². The number of carbonyl (C=O) groups is 1. The van der Waals surface area contributed by atoms with E-state index in [1.165, 1.54) is 0 Å². The normalized spacial score (nSPS) is 21.1. The van der Waals surface area contributed by atoms with E-state index >= 15 is 0 Å². The second-order valence-corrected chi connectivity index (χ2v) is 4.93. The summed E-state index contributed by atoms with van der Waals surface area (Å²) in [6, 6.07) is 0. The molecular formula is C10H19NO3. The Morgan fingerprint density at radius 1 is 1.43 bits per heavy atom. The van der Waals surface area contributed by atoms with Crippen LogP contribution in [0.4, 0.5) is 4.79 Å². The fourth-order valence-electron chi connectivity index (χ4n) is 1.36. The SMILES string of the molecule is CC(C)(C)OC(=O)N1CCOC1(C)C. The summed E-state index contributed by atoms with van der Waals surface area (Å²) in [5.41, 5.74) is -0.988. The van der Waals surface area contributed by atoms with Gasteiger partial charge in [0.15, 0.2) is 0 Å². The van der Waals surface area contributed by atoms with Crippen LogP contribution >= 0.6 is 0 Å². The molecule has 0 aromatic carbocycles. The van der Waals surface area contributed by atoms with Gasteiger partial charge in [-0.15, -0.1) is 0 Å². The molecule has 4 heteroatoms. The first-order chi connectivity index (χ1) is 6.22. The van der Waals surface area contributed by atoms with Gasteiger partial charge in [0, 0.05) is 0 Å². The summed E-state index contributed by atoms with van der Waals surface area (Å²) in [6.07, 6.45) is -0.306. The summed E-state index contributed by atoms with van der Waals surface area (Å²) in [5, 5.41) is 0. The van der Waals surface area contributed by atoms with Crippen molar-refractivity contribution in [2.75, 3.05) is 13.2 Å². The molecule has 82 valence electrons. The number of ether oxygens (including phenoxy) is 2. The molecule has 0 unspecified atom stereocenters. The Balaban J connectivity index is 2.62. The minimum Gasteiger partial charge on any atom is -0.444 e. The van der Waals surface area contributed by atoms with Gasteiger partial charge in [-0.3, -0.25) is 4.90 Å². The molecule has 1 rings (SSSR count). The van der Waals surface area contributed by atoms with Gasteiger partial charge in [0.05, 0.1) is 13.2 Å². The van der Waals surface area contributed by atoms with Crippen molar-refractivity contribution in [2.45, 2.75) is 45.9 Å². The number of hydrogen-bond acceptors (Lipinski definition) is 3. The van der Waals surface area contributed by atoms with Crippen molar-refractivity contribution in [1.29, 1.82) is 0 Å². The van der Waals surface area contributed by atoms with Crippen LogP contribution in [0.1, 0.15) is 34.6 Å². The van der Waals surface area contributed by atoms with Crippen molar-refractivity contribution < 1.29 is 14.3 Å². The molecule has 1 amide bonds. The van der Waals surface area contributed by atoms with Crippen LogP contribution in [-0.4, -0.2) is 35.5 Å². The van der Waals surface area contributed by atoms with Crippen LogP contribution in [0.2, 0.25) is 0 Å². The van der Waals surface area contributed by atoms with Gasteiger partial charge in [0.2, 0.25) is 0 Å². The average Bonchev–Trinajstić information content (AvgIpc) is 2.25. The van der Waals surface area contributed by atoms with Crippen LogP contribution in [0.15, 0.2) is 0 Å². The molecule has 0 radical (unpaired) electrons. The van der Waals surface area contributed by atoms with E-state index in [-0.39, 0.29) is 6.09 Å². The first kappa shape index (κ1) is 11.3. The van der Waals surface area contributed by atoms with E-state index in [1.54, 1.807) is 4.90 Å². The van der Waals surface area contributed by atoms with Crippen molar-refractivity contribution >= 4 is 6.09 Å². The molecule has 0 aromatic heterocycles. The lowest BCUT2D eigenvalue weighted by Gasteiger charge is -2.31. The Labute approximate surface area is 85.2 Å². The van der Waals surface area contributed by atoms with E-state index in [9.17, 15) is 4.79 Å². The molecule has 0 atom stereocenters. The highest BCUT2D eigenvalue weighted by atomic mass is 16.6. The highest BCUT2D eigenvalue weighted by molar-refractivity contribution is 5.69. The van der Waals surface area contributed by atoms with Crippen LogP contribution in [-0.2, 0) is 9.47 Å². The van der Waals surface area contributed by atoms with Crippen molar-refractivity contribution in [3.8, 4) is 0 Å². The quantitative estimate of drug-likeness (QED) is 0.601. The maximum atomic E-state index is 11.7. The first-order valence-corrected chi connectivity index (χ1v) is 4.87. The molecule has 0 N–H and O–H groups in total. The topological polar surface area (TPSA) is 38.8 Å². The van der Waals surface area contributed by atoms with E-state index in [0.29, 0.717) is 13.2 Å². The molecule has 0 spiro atoms. The summed E-state index contributed by atoms with van der Waals surface area (Å²) in [7, 11) is 0. The highest BCUT2D eigenvalue weighted by Gasteiger charge is 2.38. The molecular weight excluding hydrogens is 182 g/mol. The third kappa shape index (κ3) is 2.61. The zero-order valence-electron chi connectivity index (χ0n) is 9.59. The summed E-state index contributed by atoms with van der Waals surface area (Å²) in [4.78, 5) is 13.3. The molecule has 1 saturated heterocycles. The number of nitrogens with zero attached hydrogens (tertiary/aromatic N) is 1. The number of hydrogen-bond donors (Lipinski definition) is 0. The molecule has 0 saturated carbocycles. The number of carbonyl (C=O) groups excluding carboxylic acids is 1. The predicted octanol–water partition coefficient (Wildman–Crippen LogP) is 1.99. The Morgan fingerprint density at radius 2 is 2.00 bits per heavy atom. The van der Waals surface area contributed by atoms with Gasteiger partial charge in [-0.1, -0.05) is 0 Å². The molecule has 0 aliphatic carbocycles. The molecule has 1 fully saturated rings. The van der Waals surface area contributed by atoms with Crippen molar-refractivity contribution in [3.63, 3.8) is 0 Å². The Bertz CT molecular complexity index is 230. The van der Waals surface area contributed by atoms with Crippen LogP contribution in [0, 0.1) is 0 Å². The molecule has 0 aromatic rings. The number of rotatable bonds is 0. The van der Waals surface area contributed by atoms with Crippen molar-refractivity contribution in [3.05, 3.63) is 0 Å². The first-order valence-electron chi connectivity index (χ1n) is 4.87. The summed E-state index contributed by atoms with van der Waals surface area (Å²) < 4.78 is 10.7. The molecule has 4 nitrogen and oxygen atoms in total. The van der Waals surface area contributed by atoms with E-state index in [0.717, 1.165) is 0 Å². The predicted molar refractivity (Wildman–Crippen MR) is 53.0 cm³/mol. The third-order valence-corrected chi connectivity index (χ3v) is 2.03. The zero-order valence-corrected chi connectivity index (χ0v) is 9.59. The van der Waals surface area contributed by atoms with Gasteiger partial charge in [-0.2, -0.15) is 0 Å². The fraction of sp³-hybridized carbons (Fsp3) is 0.900. The summed E-state index contributed by atoms with van der Waals surface area (Å²) in [5.74, 6) is 0. The minimum atomic E-state index is -0.539. The van der Waals surface area contributed by atoms with Gasteiger partial charge in [0.1, 0.15) is 11.3 Å². The van der Waals surface area contributed by atoms with Crippen LogP contribution in [0.25, 0.3) is 0 Å². The fourth-order valence-corrected chi connectivity index (χ4v) is 1.36. The van der Waals surface area contributed by atoms with Crippen molar-refractivity contribution in [1.82, 2.24) is 4.90 Å². The highest BCUT2D eigenvalue weighted by Crippen LogP contribution is 2.24. The van der Waals surface area contributed by atoms with Crippen molar-refractivity contribution in [2.24, 2.45) is 0 Å². The Morgan fingerprint density at radius 3 is 2.36 bits per heavy atom. The van der Waals surface area contributed by atoms with Gasteiger partial charge >= 0.3 is 6.09 Å². The summed E-state index contributed by atoms with van der Waals surface area (Å²) >= 11 is 0. The lowest BCUT2D eigenvalue weighted by molar-refractivity contribution is -0.0590. The van der Waals surface area contributed by atoms with E-state index in [4.69, 9.17) is 9.47 Å².